The van der Waals surface area contributed by atoms with E-state index >= 15 is 0 Å². The van der Waals surface area contributed by atoms with Crippen molar-refractivity contribution in [3.8, 4) is 0 Å². The quantitative estimate of drug-likeness (QED) is 0.773. The lowest BCUT2D eigenvalue weighted by Gasteiger charge is -2.25. The van der Waals surface area contributed by atoms with E-state index in [1.807, 2.05) is 12.1 Å². The van der Waals surface area contributed by atoms with Gasteiger partial charge in [0, 0.05) is 30.2 Å². The van der Waals surface area contributed by atoms with E-state index in [1.165, 1.54) is 0 Å². The monoisotopic (exact) mass is 259 g/mol. The van der Waals surface area contributed by atoms with E-state index < -0.39 is 0 Å². The van der Waals surface area contributed by atoms with E-state index in [4.69, 9.17) is 27.9 Å². The Morgan fingerprint density at radius 2 is 2.31 bits per heavy atom. The highest BCUT2D eigenvalue weighted by Gasteiger charge is 2.20. The number of anilines is 1. The van der Waals surface area contributed by atoms with Crippen LogP contribution in [0.3, 0.4) is 0 Å². The highest BCUT2D eigenvalue weighted by molar-refractivity contribution is 6.32. The molecule has 0 bridgehead atoms. The normalized spacial score (nSPS) is 20.1. The first-order chi connectivity index (χ1) is 7.72. The van der Waals surface area contributed by atoms with Gasteiger partial charge in [0.2, 0.25) is 0 Å². The zero-order chi connectivity index (χ0) is 11.5. The molecule has 0 saturated carbocycles. The van der Waals surface area contributed by atoms with Crippen LogP contribution in [0.25, 0.3) is 0 Å². The second-order valence-electron chi connectivity index (χ2n) is 4.04. The Morgan fingerprint density at radius 3 is 2.88 bits per heavy atom. The van der Waals surface area contributed by atoms with Crippen LogP contribution >= 0.6 is 23.2 Å². The first-order valence-electron chi connectivity index (χ1n) is 5.37. The maximum Gasteiger partial charge on any atom is 0.0670 e. The third kappa shape index (κ3) is 2.45. The van der Waals surface area contributed by atoms with Crippen molar-refractivity contribution in [1.82, 2.24) is 0 Å². The molecule has 0 N–H and O–H groups in total. The van der Waals surface area contributed by atoms with Gasteiger partial charge in [-0.2, -0.15) is 0 Å². The molecule has 88 valence electrons. The van der Waals surface area contributed by atoms with Crippen molar-refractivity contribution < 1.29 is 4.74 Å². The van der Waals surface area contributed by atoms with Crippen LogP contribution in [-0.4, -0.2) is 26.3 Å². The summed E-state index contributed by atoms with van der Waals surface area (Å²) in [6.07, 6.45) is 1.07. The van der Waals surface area contributed by atoms with Crippen molar-refractivity contribution in [2.24, 2.45) is 0 Å². The summed E-state index contributed by atoms with van der Waals surface area (Å²) in [5, 5.41) is 0.735. The molecule has 1 saturated heterocycles. The predicted octanol–water partition coefficient (Wildman–Crippen LogP) is 3.30. The molecule has 4 heteroatoms. The number of alkyl halides is 1. The number of ether oxygens (including phenoxy) is 1. The molecule has 1 atom stereocenters. The van der Waals surface area contributed by atoms with Crippen LogP contribution in [0.4, 0.5) is 5.69 Å². The van der Waals surface area contributed by atoms with E-state index in [9.17, 15) is 0 Å². The molecule has 2 nitrogen and oxygen atoms in total. The van der Waals surface area contributed by atoms with Gasteiger partial charge in [0.15, 0.2) is 0 Å². The Kier molecular flexibility index (Phi) is 3.95. The summed E-state index contributed by atoms with van der Waals surface area (Å²) in [6.45, 7) is 1.65. The number of likely N-dealkylation sites (N-methyl/N-ethyl adjacent to an activating group) is 1. The van der Waals surface area contributed by atoms with Crippen LogP contribution in [-0.2, 0) is 10.6 Å². The average Bonchev–Trinajstić information content (AvgIpc) is 2.81. The van der Waals surface area contributed by atoms with Crippen molar-refractivity contribution >= 4 is 28.9 Å². The Labute approximate surface area is 106 Å². The minimum atomic E-state index is 0.454. The smallest absolute Gasteiger partial charge is 0.0670 e. The third-order valence-corrected chi connectivity index (χ3v) is 3.68. The lowest BCUT2D eigenvalue weighted by molar-refractivity contribution is 0.193. The molecular weight excluding hydrogens is 245 g/mol. The van der Waals surface area contributed by atoms with Gasteiger partial charge in [-0.1, -0.05) is 17.7 Å². The number of halogens is 2. The number of nitrogens with zero attached hydrogens (tertiary/aromatic N) is 1. The van der Waals surface area contributed by atoms with Crippen molar-refractivity contribution in [3.05, 3.63) is 28.8 Å². The maximum atomic E-state index is 6.14. The van der Waals surface area contributed by atoms with Gasteiger partial charge in [0.25, 0.3) is 0 Å². The summed E-state index contributed by atoms with van der Waals surface area (Å²) >= 11 is 11.9. The number of benzene rings is 1. The Hall–Kier alpha value is -0.440. The van der Waals surface area contributed by atoms with Gasteiger partial charge in [-0.05, 0) is 24.1 Å². The molecule has 1 fully saturated rings. The number of hydrogen-bond acceptors (Lipinski definition) is 2. The number of hydrogen-bond donors (Lipinski definition) is 0. The van der Waals surface area contributed by atoms with Crippen LogP contribution in [0, 0.1) is 0 Å². The standard InChI is InChI=1S/C12H15Cl2NO/c1-15(11-4-5-16-8-11)10-3-2-9(7-13)12(14)6-10/h2-3,6,11H,4-5,7-8H2,1H3. The van der Waals surface area contributed by atoms with Crippen molar-refractivity contribution in [1.29, 1.82) is 0 Å². The van der Waals surface area contributed by atoms with E-state index in [1.54, 1.807) is 0 Å². The second-order valence-corrected chi connectivity index (χ2v) is 4.71. The van der Waals surface area contributed by atoms with E-state index in [2.05, 4.69) is 18.0 Å². The topological polar surface area (TPSA) is 12.5 Å². The summed E-state index contributed by atoms with van der Waals surface area (Å²) in [5.74, 6) is 0.454. The zero-order valence-corrected chi connectivity index (χ0v) is 10.8. The Bertz CT molecular complexity index is 364. The van der Waals surface area contributed by atoms with Crippen LogP contribution in [0.5, 0.6) is 0 Å². The molecule has 2 rings (SSSR count). The Morgan fingerprint density at radius 1 is 1.50 bits per heavy atom. The van der Waals surface area contributed by atoms with Gasteiger partial charge in [-0.3, -0.25) is 0 Å². The van der Waals surface area contributed by atoms with Crippen LogP contribution in [0.1, 0.15) is 12.0 Å². The second kappa shape index (κ2) is 5.26. The molecule has 16 heavy (non-hydrogen) atoms. The molecule has 1 aliphatic heterocycles. The largest absolute Gasteiger partial charge is 0.379 e. The first kappa shape index (κ1) is 12.0. The minimum Gasteiger partial charge on any atom is -0.379 e. The third-order valence-electron chi connectivity index (χ3n) is 3.04. The summed E-state index contributed by atoms with van der Waals surface area (Å²) in [5.41, 5.74) is 2.09. The molecule has 0 spiro atoms. The van der Waals surface area contributed by atoms with Gasteiger partial charge < -0.3 is 9.64 Å². The van der Waals surface area contributed by atoms with Crippen LogP contribution in [0.15, 0.2) is 18.2 Å². The first-order valence-corrected chi connectivity index (χ1v) is 6.28. The molecular formula is C12H15Cl2NO. The Balaban J connectivity index is 2.16. The van der Waals surface area contributed by atoms with Crippen LogP contribution < -0.4 is 4.90 Å². The average molecular weight is 260 g/mol. The predicted molar refractivity (Wildman–Crippen MR) is 68.6 cm³/mol. The number of rotatable bonds is 3. The summed E-state index contributed by atoms with van der Waals surface area (Å²) < 4.78 is 5.38. The fraction of sp³-hybridized carbons (Fsp3) is 0.500. The maximum absolute atomic E-state index is 6.14. The molecule has 1 aliphatic rings. The van der Waals surface area contributed by atoms with Gasteiger partial charge >= 0.3 is 0 Å². The van der Waals surface area contributed by atoms with Gasteiger partial charge in [0.1, 0.15) is 0 Å². The summed E-state index contributed by atoms with van der Waals surface area (Å²) in [6, 6.07) is 6.47. The van der Waals surface area contributed by atoms with Gasteiger partial charge in [-0.15, -0.1) is 11.6 Å². The van der Waals surface area contributed by atoms with Crippen molar-refractivity contribution in [2.45, 2.75) is 18.3 Å². The molecule has 0 radical (unpaired) electrons. The van der Waals surface area contributed by atoms with Crippen molar-refractivity contribution in [3.63, 3.8) is 0 Å². The van der Waals surface area contributed by atoms with Crippen molar-refractivity contribution in [2.75, 3.05) is 25.2 Å². The molecule has 0 amide bonds. The lowest BCUT2D eigenvalue weighted by Crippen LogP contribution is -2.31. The van der Waals surface area contributed by atoms with E-state index in [-0.39, 0.29) is 0 Å². The summed E-state index contributed by atoms with van der Waals surface area (Å²) in [4.78, 5) is 2.22. The fourth-order valence-corrected chi connectivity index (χ4v) is 2.45. The highest BCUT2D eigenvalue weighted by atomic mass is 35.5. The fourth-order valence-electron chi connectivity index (χ4n) is 1.90. The summed E-state index contributed by atoms with van der Waals surface area (Å²) in [7, 11) is 2.07. The molecule has 1 aromatic rings. The molecule has 0 aromatic heterocycles. The SMILES string of the molecule is CN(c1ccc(CCl)c(Cl)c1)C1CCOC1. The molecule has 1 heterocycles. The molecule has 1 unspecified atom stereocenters. The minimum absolute atomic E-state index is 0.454. The van der Waals surface area contributed by atoms with E-state index in [0.29, 0.717) is 11.9 Å². The molecule has 1 aromatic carbocycles. The van der Waals surface area contributed by atoms with Gasteiger partial charge in [0.05, 0.1) is 12.6 Å². The highest BCUT2D eigenvalue weighted by Crippen LogP contribution is 2.26. The lowest BCUT2D eigenvalue weighted by atomic mass is 10.1. The van der Waals surface area contributed by atoms with Crippen LogP contribution in [0.2, 0.25) is 5.02 Å². The zero-order valence-electron chi connectivity index (χ0n) is 9.25. The molecule has 0 aliphatic carbocycles. The van der Waals surface area contributed by atoms with E-state index in [0.717, 1.165) is 35.9 Å². The van der Waals surface area contributed by atoms with Gasteiger partial charge in [-0.25, -0.2) is 0 Å².